The minimum absolute atomic E-state index is 0.268. The number of nitrogens with zero attached hydrogens (tertiary/aromatic N) is 2. The molecule has 2 nitrogen and oxygen atoms in total. The summed E-state index contributed by atoms with van der Waals surface area (Å²) >= 11 is 0. The number of hydrogen-bond donors (Lipinski definition) is 0. The smallest absolute Gasteiger partial charge is 0.189 e. The molecule has 22 heavy (non-hydrogen) atoms. The fraction of sp³-hybridized carbons (Fsp3) is 0.625. The van der Waals surface area contributed by atoms with E-state index in [0.29, 0.717) is 0 Å². The first-order chi connectivity index (χ1) is 9.46. The Morgan fingerprint density at radius 3 is 1.45 bits per heavy atom. The van der Waals surface area contributed by atoms with Crippen molar-refractivity contribution in [3.05, 3.63) is 18.7 Å². The maximum absolute atomic E-state index is 13.2. The molecular formula is C8H3F12N2+. The molecule has 1 aromatic heterocycles. The number of rotatable bonds is 3. The summed E-state index contributed by atoms with van der Waals surface area (Å²) in [4.78, 5) is 0. The van der Waals surface area contributed by atoms with Crippen LogP contribution in [0.25, 0.3) is 0 Å². The van der Waals surface area contributed by atoms with E-state index >= 15 is 0 Å². The molecule has 0 bridgehead atoms. The average molecular weight is 355 g/mol. The van der Waals surface area contributed by atoms with Gasteiger partial charge in [-0.2, -0.15) is 44.1 Å². The van der Waals surface area contributed by atoms with E-state index in [0.717, 1.165) is 0 Å². The van der Waals surface area contributed by atoms with Gasteiger partial charge in [0.05, 0.1) is 0 Å². The zero-order valence-electron chi connectivity index (χ0n) is 9.66. The summed E-state index contributed by atoms with van der Waals surface area (Å²) in [6, 6.07) is -6.29. The summed E-state index contributed by atoms with van der Waals surface area (Å²) in [5, 5.41) is 0. The number of aromatic nitrogens is 2. The van der Waals surface area contributed by atoms with Gasteiger partial charge in [-0.1, -0.05) is 0 Å². The third kappa shape index (κ3) is 2.58. The van der Waals surface area contributed by atoms with E-state index in [2.05, 4.69) is 0 Å². The molecule has 0 aromatic carbocycles. The Balaban J connectivity index is 3.36. The van der Waals surface area contributed by atoms with E-state index < -0.39 is 52.0 Å². The minimum atomic E-state index is -7.18. The number of imidazole rings is 1. The van der Waals surface area contributed by atoms with Crippen molar-refractivity contribution in [1.82, 2.24) is 4.57 Å². The van der Waals surface area contributed by atoms with Crippen molar-refractivity contribution in [3.8, 4) is 0 Å². The molecule has 0 unspecified atom stereocenters. The van der Waals surface area contributed by atoms with E-state index in [1.54, 1.807) is 0 Å². The van der Waals surface area contributed by atoms with Crippen molar-refractivity contribution >= 4 is 0 Å². The molecule has 1 rings (SSSR count). The summed E-state index contributed by atoms with van der Waals surface area (Å²) in [7, 11) is 0. The lowest BCUT2D eigenvalue weighted by Crippen LogP contribution is -2.61. The van der Waals surface area contributed by atoms with Crippen molar-refractivity contribution in [2.75, 3.05) is 0 Å². The van der Waals surface area contributed by atoms with Crippen LogP contribution in [0.15, 0.2) is 18.7 Å². The molecule has 14 heteroatoms. The van der Waals surface area contributed by atoms with Crippen molar-refractivity contribution < 1.29 is 57.3 Å². The lowest BCUT2D eigenvalue weighted by molar-refractivity contribution is -0.854. The third-order valence-corrected chi connectivity index (χ3v) is 2.38. The zero-order valence-corrected chi connectivity index (χ0v) is 9.66. The summed E-state index contributed by atoms with van der Waals surface area (Å²) in [5.74, 6) is -14.2. The molecule has 0 spiro atoms. The predicted molar refractivity (Wildman–Crippen MR) is 42.1 cm³/mol. The van der Waals surface area contributed by atoms with Gasteiger partial charge in [-0.3, -0.25) is 0 Å². The topological polar surface area (TPSA) is 8.81 Å². The second kappa shape index (κ2) is 4.68. The van der Waals surface area contributed by atoms with Crippen LogP contribution in [0.1, 0.15) is 0 Å². The molecule has 0 atom stereocenters. The van der Waals surface area contributed by atoms with Crippen molar-refractivity contribution in [2.45, 2.75) is 30.4 Å². The Bertz CT molecular complexity index is 536. The van der Waals surface area contributed by atoms with Gasteiger partial charge in [0.2, 0.25) is 0 Å². The van der Waals surface area contributed by atoms with Gasteiger partial charge in [-0.05, 0) is 0 Å². The number of hydrogen-bond acceptors (Lipinski definition) is 0. The third-order valence-electron chi connectivity index (χ3n) is 2.38. The first-order valence-electron chi connectivity index (χ1n) is 4.83. The monoisotopic (exact) mass is 355 g/mol. The van der Waals surface area contributed by atoms with Gasteiger partial charge in [-0.25, -0.2) is 0 Å². The molecule has 0 saturated carbocycles. The quantitative estimate of drug-likeness (QED) is 0.579. The normalized spacial score (nSPS) is 15.3. The van der Waals surface area contributed by atoms with Crippen LogP contribution in [0.5, 0.6) is 0 Å². The maximum Gasteiger partial charge on any atom is 0.567 e. The first kappa shape index (κ1) is 18.4. The van der Waals surface area contributed by atoms with E-state index in [4.69, 9.17) is 0 Å². The van der Waals surface area contributed by atoms with E-state index in [-0.39, 0.29) is 6.20 Å². The Morgan fingerprint density at radius 2 is 1.14 bits per heavy atom. The number of alkyl halides is 12. The Hall–Kier alpha value is -1.63. The largest absolute Gasteiger partial charge is 0.567 e. The van der Waals surface area contributed by atoms with Gasteiger partial charge in [0.15, 0.2) is 0 Å². The summed E-state index contributed by atoms with van der Waals surface area (Å²) in [5.41, 5.74) is 0. The van der Waals surface area contributed by atoms with Crippen molar-refractivity contribution in [1.29, 1.82) is 0 Å². The lowest BCUT2D eigenvalue weighted by atomic mass is 10.1. The lowest BCUT2D eigenvalue weighted by Gasteiger charge is -2.31. The second-order valence-corrected chi connectivity index (χ2v) is 3.88. The SMILES string of the molecule is FC(F)(F)[n+]1ccn(C(F)(F)C(F)(F)C(F)(F)C(F)(F)F)c1. The standard InChI is InChI=1S/C8H3F12N2/c9-4(10,6(13,14)15)5(11,12)7(16,17)21-1-2-22(3-21)8(18,19)20/h1-3H/q+1. The average Bonchev–Trinajstić information content (AvgIpc) is 2.75. The summed E-state index contributed by atoms with van der Waals surface area (Å²) < 4.78 is 147. The van der Waals surface area contributed by atoms with Gasteiger partial charge < -0.3 is 0 Å². The highest BCUT2D eigenvalue weighted by Gasteiger charge is 2.84. The van der Waals surface area contributed by atoms with Crippen LogP contribution in [0, 0.1) is 0 Å². The molecule has 1 aromatic rings. The van der Waals surface area contributed by atoms with Crippen LogP contribution in [0.2, 0.25) is 0 Å². The molecule has 0 amide bonds. The summed E-state index contributed by atoms with van der Waals surface area (Å²) in [6.45, 7) is 0. The van der Waals surface area contributed by atoms with Gasteiger partial charge in [0.1, 0.15) is 12.4 Å². The molecule has 0 saturated heterocycles. The summed E-state index contributed by atoms with van der Waals surface area (Å²) in [6.07, 6.45) is -13.9. The minimum Gasteiger partial charge on any atom is -0.189 e. The van der Waals surface area contributed by atoms with E-state index in [1.807, 2.05) is 0 Å². The Morgan fingerprint density at radius 1 is 0.682 bits per heavy atom. The molecule has 0 radical (unpaired) electrons. The van der Waals surface area contributed by atoms with Crippen LogP contribution < -0.4 is 4.57 Å². The fourth-order valence-corrected chi connectivity index (χ4v) is 1.20. The van der Waals surface area contributed by atoms with E-state index in [1.165, 1.54) is 0 Å². The molecule has 0 aliphatic heterocycles. The molecule has 0 N–H and O–H groups in total. The van der Waals surface area contributed by atoms with Crippen molar-refractivity contribution in [3.63, 3.8) is 0 Å². The highest BCUT2D eigenvalue weighted by molar-refractivity contribution is 4.99. The van der Waals surface area contributed by atoms with Gasteiger partial charge in [0, 0.05) is 0 Å². The maximum atomic E-state index is 13.2. The van der Waals surface area contributed by atoms with Crippen LogP contribution in [-0.4, -0.2) is 22.6 Å². The van der Waals surface area contributed by atoms with Crippen molar-refractivity contribution in [2.24, 2.45) is 0 Å². The second-order valence-electron chi connectivity index (χ2n) is 3.88. The highest BCUT2D eigenvalue weighted by Crippen LogP contribution is 2.54. The van der Waals surface area contributed by atoms with Crippen LogP contribution in [-0.2, 0) is 12.3 Å². The van der Waals surface area contributed by atoms with Gasteiger partial charge in [-0.15, -0.1) is 17.7 Å². The highest BCUT2D eigenvalue weighted by atomic mass is 19.4. The first-order valence-corrected chi connectivity index (χ1v) is 4.83. The van der Waals surface area contributed by atoms with Gasteiger partial charge in [0.25, 0.3) is 6.33 Å². The van der Waals surface area contributed by atoms with Crippen LogP contribution in [0.4, 0.5) is 52.7 Å². The number of halogens is 12. The Labute approximate surface area is 112 Å². The van der Waals surface area contributed by atoms with Crippen LogP contribution >= 0.6 is 0 Å². The molecule has 0 fully saturated rings. The van der Waals surface area contributed by atoms with Gasteiger partial charge >= 0.3 is 30.4 Å². The molecule has 0 aliphatic rings. The molecule has 0 aliphatic carbocycles. The van der Waals surface area contributed by atoms with E-state index in [9.17, 15) is 52.7 Å². The molecule has 1 heterocycles. The molecular weight excluding hydrogens is 352 g/mol. The predicted octanol–water partition coefficient (Wildman–Crippen LogP) is 3.63. The zero-order chi connectivity index (χ0) is 17.8. The molecule has 128 valence electrons. The van der Waals surface area contributed by atoms with Crippen LogP contribution in [0.3, 0.4) is 0 Å². The Kier molecular flexibility index (Phi) is 3.92. The fourth-order valence-electron chi connectivity index (χ4n) is 1.20.